The zero-order chi connectivity index (χ0) is 18.8. The predicted octanol–water partition coefficient (Wildman–Crippen LogP) is 2.40. The predicted molar refractivity (Wildman–Crippen MR) is 118 cm³/mol. The fraction of sp³-hybridized carbons (Fsp3) is 0.667. The van der Waals surface area contributed by atoms with Crippen molar-refractivity contribution in [2.24, 2.45) is 23.5 Å². The maximum atomic E-state index is 12.9. The molecular formula is C21H33Cl2N3O3. The van der Waals surface area contributed by atoms with Crippen molar-refractivity contribution in [3.63, 3.8) is 0 Å². The number of nitrogens with one attached hydrogen (secondary N) is 1. The molecule has 3 N–H and O–H groups in total. The van der Waals surface area contributed by atoms with Gasteiger partial charge in [0, 0.05) is 25.7 Å². The Morgan fingerprint density at radius 3 is 2.45 bits per heavy atom. The van der Waals surface area contributed by atoms with Gasteiger partial charge in [0.1, 0.15) is 5.75 Å². The molecule has 2 aliphatic carbocycles. The molecule has 5 unspecified atom stereocenters. The maximum Gasteiger partial charge on any atom is 0.225 e. The number of nitrogens with zero attached hydrogens (tertiary/aromatic N) is 1. The van der Waals surface area contributed by atoms with Gasteiger partial charge < -0.3 is 20.5 Å². The molecule has 1 aliphatic heterocycles. The number of fused-ring (bicyclic) bond motifs is 2. The van der Waals surface area contributed by atoms with E-state index in [2.05, 4.69) is 22.3 Å². The van der Waals surface area contributed by atoms with Gasteiger partial charge in [-0.2, -0.15) is 0 Å². The van der Waals surface area contributed by atoms with Crippen molar-refractivity contribution < 1.29 is 14.3 Å². The van der Waals surface area contributed by atoms with Gasteiger partial charge in [-0.15, -0.1) is 24.8 Å². The molecule has 4 rings (SSSR count). The van der Waals surface area contributed by atoms with Crippen molar-refractivity contribution in [1.82, 2.24) is 10.2 Å². The van der Waals surface area contributed by atoms with E-state index in [1.807, 2.05) is 12.1 Å². The summed E-state index contributed by atoms with van der Waals surface area (Å²) in [6.07, 6.45) is 3.48. The van der Waals surface area contributed by atoms with Crippen LogP contribution < -0.4 is 15.8 Å². The number of hydrogen-bond acceptors (Lipinski definition) is 5. The molecule has 3 fully saturated rings. The molecule has 29 heavy (non-hydrogen) atoms. The van der Waals surface area contributed by atoms with Crippen LogP contribution in [0.4, 0.5) is 0 Å². The average molecular weight is 446 g/mol. The number of rotatable bonds is 6. The van der Waals surface area contributed by atoms with Gasteiger partial charge in [-0.05, 0) is 48.8 Å². The fourth-order valence-corrected chi connectivity index (χ4v) is 5.21. The quantitative estimate of drug-likeness (QED) is 0.702. The van der Waals surface area contributed by atoms with Crippen molar-refractivity contribution in [1.29, 1.82) is 0 Å². The van der Waals surface area contributed by atoms with E-state index >= 15 is 0 Å². The van der Waals surface area contributed by atoms with Crippen LogP contribution in [0, 0.1) is 17.8 Å². The fourth-order valence-electron chi connectivity index (χ4n) is 5.21. The first-order valence-corrected chi connectivity index (χ1v) is 10.2. The van der Waals surface area contributed by atoms with Gasteiger partial charge >= 0.3 is 0 Å². The average Bonchev–Trinajstić information content (AvgIpc) is 3.30. The first kappa shape index (κ1) is 24.2. The molecule has 0 spiro atoms. The minimum atomic E-state index is -0.00930. The molecule has 8 heteroatoms. The van der Waals surface area contributed by atoms with Crippen LogP contribution >= 0.6 is 24.8 Å². The Kier molecular flexibility index (Phi) is 9.04. The lowest BCUT2D eigenvalue weighted by atomic mass is 9.84. The highest BCUT2D eigenvalue weighted by molar-refractivity contribution is 5.85. The summed E-state index contributed by atoms with van der Waals surface area (Å²) in [5.74, 6) is 2.00. The summed E-state index contributed by atoms with van der Waals surface area (Å²) in [5, 5.41) is 3.23. The first-order chi connectivity index (χ1) is 13.2. The smallest absolute Gasteiger partial charge is 0.225 e. The largest absolute Gasteiger partial charge is 0.497 e. The van der Waals surface area contributed by atoms with Crippen LogP contribution in [0.5, 0.6) is 5.75 Å². The Hall–Kier alpha value is -1.05. The number of carbonyl (C=O) groups excluding carboxylic acids is 1. The first-order valence-electron chi connectivity index (χ1n) is 10.2. The van der Waals surface area contributed by atoms with E-state index in [-0.39, 0.29) is 48.7 Å². The lowest BCUT2D eigenvalue weighted by Gasteiger charge is -2.35. The molecule has 1 amide bonds. The molecule has 2 saturated carbocycles. The molecule has 0 radical (unpaired) electrons. The minimum absolute atomic E-state index is 0. The topological polar surface area (TPSA) is 76.8 Å². The summed E-state index contributed by atoms with van der Waals surface area (Å²) >= 11 is 0. The van der Waals surface area contributed by atoms with E-state index in [1.165, 1.54) is 12.0 Å². The second-order valence-electron chi connectivity index (χ2n) is 8.12. The van der Waals surface area contributed by atoms with Gasteiger partial charge in [0.2, 0.25) is 5.91 Å². The molecule has 164 valence electrons. The number of ether oxygens (including phenoxy) is 2. The Bertz CT molecular complexity index is 653. The lowest BCUT2D eigenvalue weighted by molar-refractivity contribution is -0.127. The van der Waals surface area contributed by atoms with E-state index in [4.69, 9.17) is 15.2 Å². The Morgan fingerprint density at radius 1 is 1.21 bits per heavy atom. The van der Waals surface area contributed by atoms with Gasteiger partial charge in [-0.25, -0.2) is 0 Å². The molecule has 3 aliphatic rings. The monoisotopic (exact) mass is 445 g/mol. The molecular weight excluding hydrogens is 413 g/mol. The summed E-state index contributed by atoms with van der Waals surface area (Å²) in [5.41, 5.74) is 7.55. The molecule has 1 aromatic rings. The summed E-state index contributed by atoms with van der Waals surface area (Å²) in [4.78, 5) is 15.3. The number of methoxy groups -OCH3 is 1. The minimum Gasteiger partial charge on any atom is -0.497 e. The molecule has 0 aromatic heterocycles. The van der Waals surface area contributed by atoms with Gasteiger partial charge in [0.25, 0.3) is 0 Å². The summed E-state index contributed by atoms with van der Waals surface area (Å²) in [6.45, 7) is 3.82. The second kappa shape index (κ2) is 10.8. The van der Waals surface area contributed by atoms with Crippen molar-refractivity contribution in [3.8, 4) is 5.75 Å². The van der Waals surface area contributed by atoms with Gasteiger partial charge in [-0.3, -0.25) is 9.69 Å². The van der Waals surface area contributed by atoms with E-state index in [0.717, 1.165) is 44.9 Å². The van der Waals surface area contributed by atoms with Crippen LogP contribution in [0.25, 0.3) is 0 Å². The highest BCUT2D eigenvalue weighted by Gasteiger charge is 2.49. The maximum absolute atomic E-state index is 12.9. The zero-order valence-electron chi connectivity index (χ0n) is 16.9. The zero-order valence-corrected chi connectivity index (χ0v) is 18.6. The van der Waals surface area contributed by atoms with Crippen LogP contribution in [0.2, 0.25) is 0 Å². The number of halogens is 2. The molecule has 6 nitrogen and oxygen atoms in total. The molecule has 5 atom stereocenters. The Morgan fingerprint density at radius 2 is 1.86 bits per heavy atom. The highest BCUT2D eigenvalue weighted by Crippen LogP contribution is 2.47. The molecule has 1 aromatic carbocycles. The number of amides is 1. The number of benzene rings is 1. The summed E-state index contributed by atoms with van der Waals surface area (Å²) in [6, 6.07) is 8.32. The number of carbonyl (C=O) groups is 1. The SMILES string of the molecule is COc1ccc(C(CNC(=O)C2C3CCC(C3)C2N)N2CCOCC2)cc1.Cl.Cl. The highest BCUT2D eigenvalue weighted by atomic mass is 35.5. The van der Waals surface area contributed by atoms with Crippen molar-refractivity contribution in [2.75, 3.05) is 40.0 Å². The van der Waals surface area contributed by atoms with Crippen LogP contribution in [0.3, 0.4) is 0 Å². The van der Waals surface area contributed by atoms with Crippen LogP contribution in [-0.4, -0.2) is 56.8 Å². The number of nitrogens with two attached hydrogens (primary N) is 1. The molecule has 2 bridgehead atoms. The standard InChI is InChI=1S/C21H31N3O3.2ClH/c1-26-17-6-4-14(5-7-17)18(24-8-10-27-11-9-24)13-23-21(25)19-15-2-3-16(12-15)20(19)22;;/h4-7,15-16,18-20H,2-3,8-13,22H2,1H3,(H,23,25);2*1H. The second-order valence-corrected chi connectivity index (χ2v) is 8.12. The molecule has 1 saturated heterocycles. The van der Waals surface area contributed by atoms with E-state index in [9.17, 15) is 4.79 Å². The number of morpholine rings is 1. The Balaban J connectivity index is 0.00000150. The van der Waals surface area contributed by atoms with Crippen LogP contribution in [-0.2, 0) is 9.53 Å². The summed E-state index contributed by atoms with van der Waals surface area (Å²) < 4.78 is 10.8. The third-order valence-electron chi connectivity index (χ3n) is 6.74. The summed E-state index contributed by atoms with van der Waals surface area (Å²) in [7, 11) is 1.67. The third kappa shape index (κ3) is 5.17. The van der Waals surface area contributed by atoms with Gasteiger partial charge in [0.05, 0.1) is 32.3 Å². The number of hydrogen-bond donors (Lipinski definition) is 2. The Labute approximate surface area is 185 Å². The van der Waals surface area contributed by atoms with Crippen molar-refractivity contribution in [2.45, 2.75) is 31.3 Å². The normalized spacial score (nSPS) is 29.4. The van der Waals surface area contributed by atoms with E-state index < -0.39 is 0 Å². The van der Waals surface area contributed by atoms with Gasteiger partial charge in [-0.1, -0.05) is 12.1 Å². The van der Waals surface area contributed by atoms with E-state index in [0.29, 0.717) is 18.4 Å². The van der Waals surface area contributed by atoms with Gasteiger partial charge in [0.15, 0.2) is 0 Å². The van der Waals surface area contributed by atoms with Crippen molar-refractivity contribution in [3.05, 3.63) is 29.8 Å². The molecule has 1 heterocycles. The third-order valence-corrected chi connectivity index (χ3v) is 6.74. The van der Waals surface area contributed by atoms with Crippen LogP contribution in [0.1, 0.15) is 30.9 Å². The van der Waals surface area contributed by atoms with Crippen LogP contribution in [0.15, 0.2) is 24.3 Å². The van der Waals surface area contributed by atoms with E-state index in [1.54, 1.807) is 7.11 Å². The lowest BCUT2D eigenvalue weighted by Crippen LogP contribution is -2.48. The van der Waals surface area contributed by atoms with Crippen molar-refractivity contribution >= 4 is 30.7 Å².